The van der Waals surface area contributed by atoms with Gasteiger partial charge in [-0.3, -0.25) is 0 Å². The van der Waals surface area contributed by atoms with Gasteiger partial charge in [0.05, 0.1) is 12.7 Å². The van der Waals surface area contributed by atoms with E-state index in [1.807, 2.05) is 6.07 Å². The predicted octanol–water partition coefficient (Wildman–Crippen LogP) is 1.72. The Labute approximate surface area is 114 Å². The molecule has 0 aromatic heterocycles. The summed E-state index contributed by atoms with van der Waals surface area (Å²) in [5, 5.41) is 22.8. The number of hydrogen-bond donors (Lipinski definition) is 4. The molecule has 5 N–H and O–H groups in total. The maximum absolute atomic E-state index is 10.2. The quantitative estimate of drug-likeness (QED) is 0.611. The number of rotatable bonds is 5. The standard InChI is InChI=1S/C15H24N2O2/c16-13-7-11(10-18)6-12(8-13)15(19)9-17-14-4-2-1-3-5-14/h6-8,14-15,17-19H,1-5,9-10,16H2. The molecule has 19 heavy (non-hydrogen) atoms. The summed E-state index contributed by atoms with van der Waals surface area (Å²) in [6, 6.07) is 5.84. The van der Waals surface area contributed by atoms with E-state index in [9.17, 15) is 5.11 Å². The van der Waals surface area contributed by atoms with Gasteiger partial charge in [-0.1, -0.05) is 25.3 Å². The molecule has 0 radical (unpaired) electrons. The summed E-state index contributed by atoms with van der Waals surface area (Å²) in [6.07, 6.45) is 5.71. The van der Waals surface area contributed by atoms with Crippen molar-refractivity contribution < 1.29 is 10.2 Å². The SMILES string of the molecule is Nc1cc(CO)cc(C(O)CNC2CCCCC2)c1. The van der Waals surface area contributed by atoms with Crippen molar-refractivity contribution in [1.29, 1.82) is 0 Å². The lowest BCUT2D eigenvalue weighted by Gasteiger charge is -2.24. The Kier molecular flexibility index (Phi) is 5.19. The second-order valence-corrected chi connectivity index (χ2v) is 5.43. The number of anilines is 1. The molecule has 2 rings (SSSR count). The molecule has 4 heteroatoms. The van der Waals surface area contributed by atoms with E-state index in [4.69, 9.17) is 10.8 Å². The van der Waals surface area contributed by atoms with E-state index in [1.165, 1.54) is 32.1 Å². The van der Waals surface area contributed by atoms with E-state index in [-0.39, 0.29) is 6.61 Å². The molecule has 1 aliphatic carbocycles. The number of benzene rings is 1. The van der Waals surface area contributed by atoms with Gasteiger partial charge in [0, 0.05) is 18.3 Å². The van der Waals surface area contributed by atoms with E-state index in [0.717, 1.165) is 11.1 Å². The van der Waals surface area contributed by atoms with Crippen molar-refractivity contribution >= 4 is 5.69 Å². The monoisotopic (exact) mass is 264 g/mol. The Hall–Kier alpha value is -1.10. The molecule has 4 nitrogen and oxygen atoms in total. The summed E-state index contributed by atoms with van der Waals surface area (Å²) in [6.45, 7) is 0.486. The topological polar surface area (TPSA) is 78.5 Å². The van der Waals surface area contributed by atoms with Crippen LogP contribution in [0.15, 0.2) is 18.2 Å². The van der Waals surface area contributed by atoms with Gasteiger partial charge in [0.2, 0.25) is 0 Å². The summed E-state index contributed by atoms with van der Waals surface area (Å²) in [5.41, 5.74) is 7.86. The molecule has 1 aromatic carbocycles. The molecule has 0 aliphatic heterocycles. The normalized spacial score (nSPS) is 18.4. The van der Waals surface area contributed by atoms with Crippen LogP contribution in [0, 0.1) is 0 Å². The largest absolute Gasteiger partial charge is 0.399 e. The molecule has 1 atom stereocenters. The fraction of sp³-hybridized carbons (Fsp3) is 0.600. The van der Waals surface area contributed by atoms with Crippen LogP contribution in [-0.4, -0.2) is 22.8 Å². The van der Waals surface area contributed by atoms with Crippen LogP contribution >= 0.6 is 0 Å². The zero-order valence-electron chi connectivity index (χ0n) is 11.3. The first-order chi connectivity index (χ1) is 9.19. The van der Waals surface area contributed by atoms with Gasteiger partial charge in [-0.25, -0.2) is 0 Å². The van der Waals surface area contributed by atoms with Crippen LogP contribution < -0.4 is 11.1 Å². The number of nitrogens with two attached hydrogens (primary N) is 1. The number of aliphatic hydroxyl groups excluding tert-OH is 2. The smallest absolute Gasteiger partial charge is 0.0915 e. The molecule has 1 aliphatic rings. The third-order valence-electron chi connectivity index (χ3n) is 3.81. The first kappa shape index (κ1) is 14.3. The third-order valence-corrected chi connectivity index (χ3v) is 3.81. The summed E-state index contributed by atoms with van der Waals surface area (Å²) in [5.74, 6) is 0. The first-order valence-electron chi connectivity index (χ1n) is 7.10. The van der Waals surface area contributed by atoms with Crippen LogP contribution in [0.5, 0.6) is 0 Å². The Bertz CT molecular complexity index is 403. The molecule has 1 saturated carbocycles. The summed E-state index contributed by atoms with van der Waals surface area (Å²) < 4.78 is 0. The number of nitrogens with one attached hydrogen (secondary N) is 1. The average molecular weight is 264 g/mol. The minimum absolute atomic E-state index is 0.0547. The highest BCUT2D eigenvalue weighted by atomic mass is 16.3. The highest BCUT2D eigenvalue weighted by Gasteiger charge is 2.15. The molecule has 0 spiro atoms. The van der Waals surface area contributed by atoms with Gasteiger partial charge in [0.25, 0.3) is 0 Å². The zero-order chi connectivity index (χ0) is 13.7. The van der Waals surface area contributed by atoms with Crippen molar-refractivity contribution in [2.75, 3.05) is 12.3 Å². The summed E-state index contributed by atoms with van der Waals surface area (Å²) in [4.78, 5) is 0. The fourth-order valence-electron chi connectivity index (χ4n) is 2.73. The second-order valence-electron chi connectivity index (χ2n) is 5.43. The van der Waals surface area contributed by atoms with Crippen LogP contribution in [0.25, 0.3) is 0 Å². The Balaban J connectivity index is 1.91. The lowest BCUT2D eigenvalue weighted by Crippen LogP contribution is -2.34. The Morgan fingerprint density at radius 1 is 1.21 bits per heavy atom. The average Bonchev–Trinajstić information content (AvgIpc) is 2.45. The van der Waals surface area contributed by atoms with Gasteiger partial charge in [0.1, 0.15) is 0 Å². The molecule has 1 fully saturated rings. The number of nitrogen functional groups attached to an aromatic ring is 1. The van der Waals surface area contributed by atoms with Gasteiger partial charge in [-0.05, 0) is 36.1 Å². The van der Waals surface area contributed by atoms with Crippen LogP contribution in [0.4, 0.5) is 5.69 Å². The van der Waals surface area contributed by atoms with E-state index in [0.29, 0.717) is 18.3 Å². The van der Waals surface area contributed by atoms with Gasteiger partial charge >= 0.3 is 0 Å². The zero-order valence-corrected chi connectivity index (χ0v) is 11.3. The fourth-order valence-corrected chi connectivity index (χ4v) is 2.73. The number of aliphatic hydroxyl groups is 2. The summed E-state index contributed by atoms with van der Waals surface area (Å²) in [7, 11) is 0. The van der Waals surface area contributed by atoms with Crippen LogP contribution in [0.2, 0.25) is 0 Å². The number of hydrogen-bond acceptors (Lipinski definition) is 4. The lowest BCUT2D eigenvalue weighted by atomic mass is 9.95. The van der Waals surface area contributed by atoms with Gasteiger partial charge in [-0.2, -0.15) is 0 Å². The van der Waals surface area contributed by atoms with E-state index in [2.05, 4.69) is 5.32 Å². The summed E-state index contributed by atoms with van der Waals surface area (Å²) >= 11 is 0. The molecule has 1 unspecified atom stereocenters. The highest BCUT2D eigenvalue weighted by molar-refractivity contribution is 5.45. The second kappa shape index (κ2) is 6.89. The van der Waals surface area contributed by atoms with Gasteiger partial charge in [0.15, 0.2) is 0 Å². The van der Waals surface area contributed by atoms with Gasteiger partial charge < -0.3 is 21.3 Å². The molecule has 0 heterocycles. The van der Waals surface area contributed by atoms with Gasteiger partial charge in [-0.15, -0.1) is 0 Å². The van der Waals surface area contributed by atoms with Crippen LogP contribution in [-0.2, 0) is 6.61 Å². The van der Waals surface area contributed by atoms with Crippen molar-refractivity contribution in [2.24, 2.45) is 0 Å². The molecular formula is C15H24N2O2. The van der Waals surface area contributed by atoms with Crippen molar-refractivity contribution in [1.82, 2.24) is 5.32 Å². The highest BCUT2D eigenvalue weighted by Crippen LogP contribution is 2.21. The molecule has 106 valence electrons. The predicted molar refractivity (Wildman–Crippen MR) is 76.6 cm³/mol. The minimum Gasteiger partial charge on any atom is -0.399 e. The minimum atomic E-state index is -0.573. The first-order valence-corrected chi connectivity index (χ1v) is 7.10. The van der Waals surface area contributed by atoms with Crippen molar-refractivity contribution in [3.63, 3.8) is 0 Å². The molecule has 0 amide bonds. The van der Waals surface area contributed by atoms with E-state index >= 15 is 0 Å². The van der Waals surface area contributed by atoms with Crippen molar-refractivity contribution in [3.8, 4) is 0 Å². The van der Waals surface area contributed by atoms with Crippen LogP contribution in [0.3, 0.4) is 0 Å². The molecule has 0 bridgehead atoms. The Morgan fingerprint density at radius 3 is 2.63 bits per heavy atom. The molecule has 0 saturated heterocycles. The molecule has 1 aromatic rings. The van der Waals surface area contributed by atoms with E-state index in [1.54, 1.807) is 12.1 Å². The lowest BCUT2D eigenvalue weighted by molar-refractivity contribution is 0.165. The van der Waals surface area contributed by atoms with E-state index < -0.39 is 6.10 Å². The maximum atomic E-state index is 10.2. The van der Waals surface area contributed by atoms with Crippen LogP contribution in [0.1, 0.15) is 49.3 Å². The maximum Gasteiger partial charge on any atom is 0.0915 e. The molecular weight excluding hydrogens is 240 g/mol. The third kappa shape index (κ3) is 4.20. The Morgan fingerprint density at radius 2 is 1.95 bits per heavy atom. The van der Waals surface area contributed by atoms with Crippen molar-refractivity contribution in [2.45, 2.75) is 50.9 Å². The van der Waals surface area contributed by atoms with Crippen molar-refractivity contribution in [3.05, 3.63) is 29.3 Å².